The lowest BCUT2D eigenvalue weighted by molar-refractivity contribution is -0.170. The lowest BCUT2D eigenvalue weighted by atomic mass is 9.89. The fourth-order valence-electron chi connectivity index (χ4n) is 4.11. The molecule has 4 nitrogen and oxygen atoms in total. The molecular weight excluding hydrogens is 468 g/mol. The van der Waals surface area contributed by atoms with Gasteiger partial charge in [0, 0.05) is 16.3 Å². The van der Waals surface area contributed by atoms with Gasteiger partial charge in [-0.25, -0.2) is 4.79 Å². The number of benzene rings is 2. The Balaban J connectivity index is 1.91. The normalized spacial score (nSPS) is 11.9. The van der Waals surface area contributed by atoms with E-state index in [-0.39, 0.29) is 4.74 Å². The van der Waals surface area contributed by atoms with Crippen molar-refractivity contribution in [3.05, 3.63) is 75.8 Å². The molecule has 2 aromatic carbocycles. The zero-order valence-electron chi connectivity index (χ0n) is 22.4. The number of rotatable bonds is 11. The van der Waals surface area contributed by atoms with Crippen LogP contribution in [0.15, 0.2) is 59.9 Å². The first-order chi connectivity index (χ1) is 17.0. The van der Waals surface area contributed by atoms with Gasteiger partial charge in [-0.05, 0) is 93.3 Å². The van der Waals surface area contributed by atoms with Crippen LogP contribution >= 0.6 is 11.3 Å². The molecule has 0 aliphatic heterocycles. The third-order valence-corrected chi connectivity index (χ3v) is 7.94. The number of hydrogen-bond donors (Lipinski definition) is 0. The molecule has 0 bridgehead atoms. The highest BCUT2D eigenvalue weighted by atomic mass is 32.1. The standard InChI is InChI=1S/C31H38O4S/c1-8-11-12-13-21-14-17-25(22(9-2)18-21)26-19-23-15-16-24(20-27(23)36-29(26)33)34-30(4,5)31(6,7)35-28(32)10-3/h10,14-20H,3,8-9,11-13H2,1-2,4-7H3. The van der Waals surface area contributed by atoms with E-state index in [2.05, 4.69) is 38.6 Å². The second-order valence-corrected chi connectivity index (χ2v) is 11.2. The molecule has 3 rings (SSSR count). The number of ether oxygens (including phenoxy) is 2. The minimum absolute atomic E-state index is 0.0348. The maximum atomic E-state index is 13.2. The van der Waals surface area contributed by atoms with Gasteiger partial charge in [0.15, 0.2) is 0 Å². The molecule has 0 saturated carbocycles. The molecule has 0 N–H and O–H groups in total. The summed E-state index contributed by atoms with van der Waals surface area (Å²) < 4.78 is 12.7. The van der Waals surface area contributed by atoms with Crippen LogP contribution in [0.5, 0.6) is 5.75 Å². The quantitative estimate of drug-likeness (QED) is 0.151. The number of unbranched alkanes of at least 4 members (excludes halogenated alkanes) is 2. The van der Waals surface area contributed by atoms with E-state index in [1.807, 2.05) is 38.1 Å². The smallest absolute Gasteiger partial charge is 0.330 e. The van der Waals surface area contributed by atoms with Gasteiger partial charge in [-0.2, -0.15) is 0 Å². The maximum Gasteiger partial charge on any atom is 0.330 e. The van der Waals surface area contributed by atoms with E-state index in [4.69, 9.17) is 9.47 Å². The molecule has 1 aromatic heterocycles. The molecule has 1 heterocycles. The van der Waals surface area contributed by atoms with Crippen LogP contribution in [0.3, 0.4) is 0 Å². The molecule has 36 heavy (non-hydrogen) atoms. The van der Waals surface area contributed by atoms with Crippen LogP contribution in [-0.2, 0) is 22.4 Å². The Morgan fingerprint density at radius 1 is 0.972 bits per heavy atom. The first-order valence-electron chi connectivity index (χ1n) is 12.8. The third kappa shape index (κ3) is 6.25. The van der Waals surface area contributed by atoms with E-state index in [0.29, 0.717) is 5.75 Å². The van der Waals surface area contributed by atoms with Gasteiger partial charge >= 0.3 is 5.97 Å². The molecule has 0 unspecified atom stereocenters. The lowest BCUT2D eigenvalue weighted by Gasteiger charge is -2.40. The SMILES string of the molecule is C=CC(=O)OC(C)(C)C(C)(C)Oc1ccc2cc(-c3ccc(CCCCC)cc3CC)c(=O)sc2c1. The van der Waals surface area contributed by atoms with Crippen molar-refractivity contribution in [1.82, 2.24) is 0 Å². The van der Waals surface area contributed by atoms with E-state index in [1.165, 1.54) is 41.7 Å². The van der Waals surface area contributed by atoms with Crippen LogP contribution in [0, 0.1) is 0 Å². The Morgan fingerprint density at radius 2 is 1.72 bits per heavy atom. The van der Waals surface area contributed by atoms with E-state index in [1.54, 1.807) is 13.8 Å². The zero-order valence-corrected chi connectivity index (χ0v) is 23.2. The van der Waals surface area contributed by atoms with Gasteiger partial charge < -0.3 is 9.47 Å². The third-order valence-electron chi connectivity index (χ3n) is 6.96. The van der Waals surface area contributed by atoms with Crippen molar-refractivity contribution in [2.45, 2.75) is 84.8 Å². The van der Waals surface area contributed by atoms with Gasteiger partial charge in [0.2, 0.25) is 4.74 Å². The zero-order chi connectivity index (χ0) is 26.5. The maximum absolute atomic E-state index is 13.2. The summed E-state index contributed by atoms with van der Waals surface area (Å²) in [6, 6.07) is 14.3. The average molecular weight is 507 g/mol. The first kappa shape index (κ1) is 27.7. The highest BCUT2D eigenvalue weighted by Crippen LogP contribution is 2.34. The summed E-state index contributed by atoms with van der Waals surface area (Å²) in [5, 5.41) is 0.992. The van der Waals surface area contributed by atoms with Crippen molar-refractivity contribution in [1.29, 1.82) is 0 Å². The number of carbonyl (C=O) groups excluding carboxylic acids is 1. The van der Waals surface area contributed by atoms with E-state index in [9.17, 15) is 9.59 Å². The summed E-state index contributed by atoms with van der Waals surface area (Å²) >= 11 is 1.23. The summed E-state index contributed by atoms with van der Waals surface area (Å²) in [5.41, 5.74) is 2.60. The van der Waals surface area contributed by atoms with Crippen molar-refractivity contribution in [3.63, 3.8) is 0 Å². The lowest BCUT2D eigenvalue weighted by Crippen LogP contribution is -2.52. The van der Waals surface area contributed by atoms with Crippen molar-refractivity contribution in [2.24, 2.45) is 0 Å². The first-order valence-corrected chi connectivity index (χ1v) is 13.6. The van der Waals surface area contributed by atoms with Crippen LogP contribution in [0.4, 0.5) is 0 Å². The average Bonchev–Trinajstić information content (AvgIpc) is 2.83. The number of hydrogen-bond acceptors (Lipinski definition) is 5. The largest absolute Gasteiger partial charge is 0.484 e. The van der Waals surface area contributed by atoms with Crippen molar-refractivity contribution in [2.75, 3.05) is 0 Å². The number of aryl methyl sites for hydroxylation is 2. The highest BCUT2D eigenvalue weighted by molar-refractivity contribution is 7.16. The predicted molar refractivity (Wildman–Crippen MR) is 151 cm³/mol. The topological polar surface area (TPSA) is 52.6 Å². The van der Waals surface area contributed by atoms with E-state index < -0.39 is 17.2 Å². The Kier molecular flexibility index (Phi) is 8.78. The Morgan fingerprint density at radius 3 is 2.39 bits per heavy atom. The molecule has 0 spiro atoms. The van der Waals surface area contributed by atoms with Crippen LogP contribution in [0.1, 0.15) is 71.9 Å². The molecule has 0 atom stereocenters. The van der Waals surface area contributed by atoms with Gasteiger partial charge in [-0.3, -0.25) is 4.79 Å². The van der Waals surface area contributed by atoms with Crippen LogP contribution < -0.4 is 9.48 Å². The fourth-order valence-corrected chi connectivity index (χ4v) is 5.01. The predicted octanol–water partition coefficient (Wildman–Crippen LogP) is 7.89. The van der Waals surface area contributed by atoms with Crippen molar-refractivity contribution < 1.29 is 14.3 Å². The van der Waals surface area contributed by atoms with Gasteiger partial charge in [0.05, 0.1) is 0 Å². The van der Waals surface area contributed by atoms with Crippen molar-refractivity contribution in [3.8, 4) is 16.9 Å². The Labute approximate surface area is 219 Å². The molecule has 192 valence electrons. The summed E-state index contributed by atoms with van der Waals surface area (Å²) in [7, 11) is 0. The second kappa shape index (κ2) is 11.4. The Bertz CT molecular complexity index is 1300. The van der Waals surface area contributed by atoms with Gasteiger partial charge in [0.1, 0.15) is 17.0 Å². The van der Waals surface area contributed by atoms with Gasteiger partial charge in [-0.15, -0.1) is 0 Å². The Hall–Kier alpha value is -2.92. The van der Waals surface area contributed by atoms with Crippen LogP contribution in [0.2, 0.25) is 0 Å². The molecule has 0 amide bonds. The molecule has 3 aromatic rings. The summed E-state index contributed by atoms with van der Waals surface area (Å²) in [5.74, 6) is 0.116. The van der Waals surface area contributed by atoms with Gasteiger partial charge in [-0.1, -0.05) is 62.8 Å². The minimum atomic E-state index is -0.899. The highest BCUT2D eigenvalue weighted by Gasteiger charge is 2.42. The van der Waals surface area contributed by atoms with E-state index >= 15 is 0 Å². The van der Waals surface area contributed by atoms with Crippen LogP contribution in [0.25, 0.3) is 21.2 Å². The molecule has 0 fully saturated rings. The van der Waals surface area contributed by atoms with Gasteiger partial charge in [0.25, 0.3) is 0 Å². The van der Waals surface area contributed by atoms with Crippen LogP contribution in [-0.4, -0.2) is 17.2 Å². The van der Waals surface area contributed by atoms with E-state index in [0.717, 1.165) is 40.1 Å². The van der Waals surface area contributed by atoms with Crippen molar-refractivity contribution >= 4 is 27.4 Å². The molecule has 0 radical (unpaired) electrons. The molecule has 0 aliphatic rings. The summed E-state index contributed by atoms with van der Waals surface area (Å²) in [6.07, 6.45) is 6.75. The molecule has 0 aliphatic carbocycles. The fraction of sp³-hybridized carbons (Fsp3) is 0.419. The monoisotopic (exact) mass is 506 g/mol. The minimum Gasteiger partial charge on any atom is -0.484 e. The number of esters is 1. The number of carbonyl (C=O) groups is 1. The molecule has 5 heteroatoms. The second-order valence-electron chi connectivity index (χ2n) is 10.2. The molecule has 0 saturated heterocycles. The molecular formula is C31H38O4S. The summed E-state index contributed by atoms with van der Waals surface area (Å²) in [6.45, 7) is 15.2. The summed E-state index contributed by atoms with van der Waals surface area (Å²) in [4.78, 5) is 25.0. The number of fused-ring (bicyclic) bond motifs is 1.